The van der Waals surface area contributed by atoms with Crippen LogP contribution in [0, 0.1) is 13.8 Å². The van der Waals surface area contributed by atoms with Crippen molar-refractivity contribution in [3.05, 3.63) is 142 Å². The molecule has 0 fully saturated rings. The van der Waals surface area contributed by atoms with E-state index in [2.05, 4.69) is 35.1 Å². The van der Waals surface area contributed by atoms with Gasteiger partial charge in [0.2, 0.25) is 11.6 Å². The zero-order chi connectivity index (χ0) is 31.3. The number of isothiocyanates is 2. The standard InChI is InChI=1S/2C15H15NO2.2CNS.Zn/c2*1-11-6-8-13(9-7-11)16-10-12-4-3-5-14(18-2)15(12)17;2*2-1-3;/h2*3-10,16H,1-2H3;;;/q;;2*-1;+2/b2*12-10-;;;. The van der Waals surface area contributed by atoms with Crippen molar-refractivity contribution in [1.82, 2.24) is 0 Å². The number of methoxy groups -OCH3 is 2. The van der Waals surface area contributed by atoms with Gasteiger partial charge in [-0.05, 0) is 62.4 Å². The monoisotopic (exact) mass is 662 g/mol. The zero-order valence-corrected chi connectivity index (χ0v) is 28.9. The summed E-state index contributed by atoms with van der Waals surface area (Å²) in [6, 6.07) is 15.9. The van der Waals surface area contributed by atoms with Crippen molar-refractivity contribution in [3.63, 3.8) is 0 Å². The van der Waals surface area contributed by atoms with Crippen LogP contribution in [0.2, 0.25) is 0 Å². The molecule has 0 amide bonds. The Morgan fingerprint density at radius 2 is 0.977 bits per heavy atom. The molecule has 43 heavy (non-hydrogen) atoms. The second-order valence-corrected chi connectivity index (χ2v) is 8.61. The summed E-state index contributed by atoms with van der Waals surface area (Å²) in [4.78, 5) is 23.8. The molecule has 2 aliphatic carbocycles. The van der Waals surface area contributed by atoms with Crippen molar-refractivity contribution >= 4 is 57.7 Å². The first kappa shape index (κ1) is 38.6. The molecule has 0 heterocycles. The molecule has 2 aliphatic rings. The van der Waals surface area contributed by atoms with Crippen molar-refractivity contribution in [3.8, 4) is 0 Å². The third kappa shape index (κ3) is 14.4. The second kappa shape index (κ2) is 22.3. The van der Waals surface area contributed by atoms with Gasteiger partial charge in [0, 0.05) is 34.9 Å². The molecule has 2 N–H and O–H groups in total. The number of thiocarbonyl (C=S) groups is 2. The van der Waals surface area contributed by atoms with E-state index in [1.54, 1.807) is 48.9 Å². The summed E-state index contributed by atoms with van der Waals surface area (Å²) in [5.74, 6) is 0.489. The summed E-state index contributed by atoms with van der Waals surface area (Å²) in [7, 11) is 2.99. The van der Waals surface area contributed by atoms with Crippen LogP contribution in [0.5, 0.6) is 0 Å². The number of carbonyl (C=O) groups is 2. The fraction of sp³-hybridized carbons (Fsp3) is 0.125. The number of anilines is 2. The van der Waals surface area contributed by atoms with E-state index < -0.39 is 0 Å². The molecule has 8 nitrogen and oxygen atoms in total. The van der Waals surface area contributed by atoms with Crippen molar-refractivity contribution in [2.24, 2.45) is 0 Å². The first-order chi connectivity index (χ1) is 20.2. The van der Waals surface area contributed by atoms with Crippen molar-refractivity contribution < 1.29 is 38.5 Å². The Balaban J connectivity index is 0.000000680. The van der Waals surface area contributed by atoms with E-state index >= 15 is 0 Å². The molecule has 0 bridgehead atoms. The average molecular weight is 664 g/mol. The molecule has 0 saturated heterocycles. The Bertz CT molecular complexity index is 1360. The first-order valence-electron chi connectivity index (χ1n) is 12.3. The SMILES string of the molecule is COC1=CC=C/C(=C/Nc2ccc(C)cc2)C1=O.COC1=CC=C/C(=C/Nc2ccc(C)cc2)C1=O.[N-]=C=S.[N-]=C=S.[Zn+2]. The molecule has 0 spiro atoms. The van der Waals surface area contributed by atoms with Crippen LogP contribution in [0.1, 0.15) is 11.1 Å². The van der Waals surface area contributed by atoms with Crippen LogP contribution in [0.4, 0.5) is 11.4 Å². The predicted molar refractivity (Wildman–Crippen MR) is 176 cm³/mol. The molecule has 0 aromatic heterocycles. The maximum Gasteiger partial charge on any atom is 2.00 e. The minimum Gasteiger partial charge on any atom is -0.753 e. The van der Waals surface area contributed by atoms with Crippen LogP contribution < -0.4 is 10.6 Å². The van der Waals surface area contributed by atoms with Gasteiger partial charge >= 0.3 is 19.5 Å². The summed E-state index contributed by atoms with van der Waals surface area (Å²) < 4.78 is 9.99. The van der Waals surface area contributed by atoms with Crippen LogP contribution in [0.3, 0.4) is 0 Å². The summed E-state index contributed by atoms with van der Waals surface area (Å²) >= 11 is 7.40. The third-order valence-corrected chi connectivity index (χ3v) is 5.35. The van der Waals surface area contributed by atoms with Gasteiger partial charge in [-0.3, -0.25) is 9.59 Å². The molecule has 0 radical (unpaired) electrons. The smallest absolute Gasteiger partial charge is 0.753 e. The van der Waals surface area contributed by atoms with E-state index in [4.69, 9.17) is 20.3 Å². The molecule has 0 saturated carbocycles. The first-order valence-corrected chi connectivity index (χ1v) is 13.1. The average Bonchev–Trinajstić information content (AvgIpc) is 2.99. The van der Waals surface area contributed by atoms with Gasteiger partial charge in [0.05, 0.1) is 14.2 Å². The number of hydrogen-bond acceptors (Lipinski definition) is 8. The number of carbonyl (C=O) groups excluding carboxylic acids is 2. The fourth-order valence-electron chi connectivity index (χ4n) is 3.24. The third-order valence-electron chi connectivity index (χ3n) is 5.35. The Hall–Kier alpha value is -4.36. The van der Waals surface area contributed by atoms with Gasteiger partial charge in [-0.25, -0.2) is 0 Å². The quantitative estimate of drug-likeness (QED) is 0.144. The molecule has 0 aliphatic heterocycles. The molecule has 2 aromatic carbocycles. The van der Waals surface area contributed by atoms with E-state index in [0.29, 0.717) is 22.7 Å². The predicted octanol–water partition coefficient (Wildman–Crippen LogP) is 7.23. The molecule has 0 unspecified atom stereocenters. The number of allylic oxidation sites excluding steroid dienone is 8. The van der Waals surface area contributed by atoms with Gasteiger partial charge in [0.15, 0.2) is 11.5 Å². The molecular weight excluding hydrogens is 634 g/mol. The number of rotatable bonds is 6. The Labute approximate surface area is 275 Å². The van der Waals surface area contributed by atoms with Gasteiger partial charge in [-0.1, -0.05) is 72.0 Å². The fourth-order valence-corrected chi connectivity index (χ4v) is 3.24. The number of ether oxygens (including phenoxy) is 2. The summed E-state index contributed by atoms with van der Waals surface area (Å²) in [6.07, 6.45) is 13.8. The Morgan fingerprint density at radius 1 is 0.674 bits per heavy atom. The number of benzene rings is 2. The number of ketones is 2. The van der Waals surface area contributed by atoms with Crippen molar-refractivity contribution in [2.75, 3.05) is 24.9 Å². The number of Topliss-reactive ketones (excluding diaryl/α,β-unsaturated/α-hetero) is 2. The van der Waals surface area contributed by atoms with E-state index in [9.17, 15) is 9.59 Å². The van der Waals surface area contributed by atoms with E-state index in [-0.39, 0.29) is 31.0 Å². The van der Waals surface area contributed by atoms with E-state index in [0.717, 1.165) is 11.4 Å². The molecule has 11 heteroatoms. The molecular formula is C32H30N4O4S2Zn. The summed E-state index contributed by atoms with van der Waals surface area (Å²) in [5.41, 5.74) is 5.45. The van der Waals surface area contributed by atoms with E-state index in [1.807, 2.05) is 62.4 Å². The van der Waals surface area contributed by atoms with Crippen molar-refractivity contribution in [2.45, 2.75) is 13.8 Å². The van der Waals surface area contributed by atoms with Gasteiger partial charge < -0.3 is 30.9 Å². The zero-order valence-electron chi connectivity index (χ0n) is 24.3. The maximum absolute atomic E-state index is 11.9. The van der Waals surface area contributed by atoms with E-state index in [1.165, 1.54) is 35.7 Å². The number of nitrogens with one attached hydrogen (secondary N) is 2. The number of aryl methyl sites for hydroxylation is 2. The minimum absolute atomic E-state index is 0. The van der Waals surface area contributed by atoms with Crippen LogP contribution in [-0.4, -0.2) is 36.1 Å². The Morgan fingerprint density at radius 3 is 1.26 bits per heavy atom. The normalized spacial score (nSPS) is 14.3. The summed E-state index contributed by atoms with van der Waals surface area (Å²) in [6.45, 7) is 4.07. The topological polar surface area (TPSA) is 121 Å². The minimum atomic E-state index is -0.111. The number of nitrogens with zero attached hydrogens (tertiary/aromatic N) is 2. The maximum atomic E-state index is 11.9. The van der Waals surface area contributed by atoms with Gasteiger partial charge in [0.25, 0.3) is 0 Å². The van der Waals surface area contributed by atoms with Crippen LogP contribution in [-0.2, 0) is 38.5 Å². The Kier molecular flexibility index (Phi) is 20.0. The summed E-state index contributed by atoms with van der Waals surface area (Å²) in [5, 5.41) is 23.1. The van der Waals surface area contributed by atoms with Gasteiger partial charge in [-0.15, -0.1) is 0 Å². The largest absolute Gasteiger partial charge is 2.00 e. The van der Waals surface area contributed by atoms with Gasteiger partial charge in [0.1, 0.15) is 0 Å². The molecule has 2 aromatic rings. The molecule has 216 valence electrons. The van der Waals surface area contributed by atoms with Crippen LogP contribution in [0.25, 0.3) is 10.8 Å². The van der Waals surface area contributed by atoms with Crippen molar-refractivity contribution in [1.29, 1.82) is 0 Å². The van der Waals surface area contributed by atoms with Crippen LogP contribution in [0.15, 0.2) is 120 Å². The van der Waals surface area contributed by atoms with Crippen LogP contribution >= 0.6 is 24.4 Å². The molecule has 4 rings (SSSR count). The molecule has 0 atom stereocenters. The van der Waals surface area contributed by atoms with Gasteiger partial charge in [-0.2, -0.15) is 10.3 Å². The second-order valence-electron chi connectivity index (χ2n) is 8.25. The number of hydrogen-bond donors (Lipinski definition) is 2.